The number of aromatic amines is 1. The lowest BCUT2D eigenvalue weighted by atomic mass is 10.1. The van der Waals surface area contributed by atoms with Crippen molar-refractivity contribution < 1.29 is 34.2 Å². The van der Waals surface area contributed by atoms with E-state index < -0.39 is 60.8 Å². The standard InChI is InChI=1S/C17H24N6O7/c24-13(25)5-12(23-16(29)10-2-1-3-19-10)17(30)22-11(4-9-6-18-8-21-9)15(28)20-7-14(26)27/h6,8,10-12,19H,1-5,7H2,(H,18,21)(H,20,28)(H,22,30)(H,23,29)(H,24,25)(H,26,27). The molecule has 1 aliphatic rings. The van der Waals surface area contributed by atoms with Crippen LogP contribution in [-0.4, -0.2) is 81.1 Å². The van der Waals surface area contributed by atoms with Gasteiger partial charge in [-0.2, -0.15) is 0 Å². The number of aromatic nitrogens is 2. The molecule has 3 atom stereocenters. The van der Waals surface area contributed by atoms with Gasteiger partial charge in [0.2, 0.25) is 17.7 Å². The molecule has 1 aromatic heterocycles. The number of aliphatic carboxylic acids is 2. The summed E-state index contributed by atoms with van der Waals surface area (Å²) in [5.74, 6) is -4.74. The van der Waals surface area contributed by atoms with Crippen LogP contribution in [0, 0.1) is 0 Å². The lowest BCUT2D eigenvalue weighted by Gasteiger charge is -2.23. The van der Waals surface area contributed by atoms with Gasteiger partial charge in [-0.25, -0.2) is 4.98 Å². The van der Waals surface area contributed by atoms with Gasteiger partial charge in [0.05, 0.1) is 18.8 Å². The van der Waals surface area contributed by atoms with E-state index in [0.717, 1.165) is 6.42 Å². The third-order valence-corrected chi connectivity index (χ3v) is 4.41. The van der Waals surface area contributed by atoms with Crippen LogP contribution in [-0.2, 0) is 30.4 Å². The summed E-state index contributed by atoms with van der Waals surface area (Å²) in [5.41, 5.74) is 0.486. The second kappa shape index (κ2) is 10.9. The molecule has 0 aromatic carbocycles. The number of imidazole rings is 1. The number of nitrogens with zero attached hydrogens (tertiary/aromatic N) is 1. The first-order chi connectivity index (χ1) is 14.3. The summed E-state index contributed by atoms with van der Waals surface area (Å²) in [5, 5.41) is 27.7. The minimum atomic E-state index is -1.41. The molecule has 7 N–H and O–H groups in total. The van der Waals surface area contributed by atoms with Gasteiger partial charge in [-0.05, 0) is 19.4 Å². The fraction of sp³-hybridized carbons (Fsp3) is 0.529. The highest BCUT2D eigenvalue weighted by Gasteiger charge is 2.31. The minimum absolute atomic E-state index is 0.0465. The van der Waals surface area contributed by atoms with Crippen molar-refractivity contribution in [3.05, 3.63) is 18.2 Å². The van der Waals surface area contributed by atoms with Crippen molar-refractivity contribution in [1.82, 2.24) is 31.2 Å². The van der Waals surface area contributed by atoms with Gasteiger partial charge in [-0.1, -0.05) is 0 Å². The van der Waals surface area contributed by atoms with E-state index in [1.807, 2.05) is 0 Å². The van der Waals surface area contributed by atoms with Crippen molar-refractivity contribution in [2.24, 2.45) is 0 Å². The Hall–Kier alpha value is -3.48. The number of H-pyrrole nitrogens is 1. The van der Waals surface area contributed by atoms with Crippen molar-refractivity contribution in [2.75, 3.05) is 13.1 Å². The Morgan fingerprint density at radius 2 is 1.87 bits per heavy atom. The number of carbonyl (C=O) groups excluding carboxylic acids is 3. The van der Waals surface area contributed by atoms with Crippen molar-refractivity contribution in [3.8, 4) is 0 Å². The van der Waals surface area contributed by atoms with Crippen LogP contribution in [0.3, 0.4) is 0 Å². The summed E-state index contributed by atoms with van der Waals surface area (Å²) >= 11 is 0. The Morgan fingerprint density at radius 1 is 1.10 bits per heavy atom. The first-order valence-corrected chi connectivity index (χ1v) is 9.29. The second-order valence-electron chi connectivity index (χ2n) is 6.76. The monoisotopic (exact) mass is 424 g/mol. The molecule has 13 heteroatoms. The molecule has 13 nitrogen and oxygen atoms in total. The van der Waals surface area contributed by atoms with Gasteiger partial charge < -0.3 is 36.5 Å². The van der Waals surface area contributed by atoms with E-state index in [4.69, 9.17) is 10.2 Å². The molecule has 1 saturated heterocycles. The molecule has 2 rings (SSSR count). The van der Waals surface area contributed by atoms with E-state index in [1.54, 1.807) is 0 Å². The number of carboxylic acids is 2. The van der Waals surface area contributed by atoms with Gasteiger partial charge in [0.15, 0.2) is 0 Å². The van der Waals surface area contributed by atoms with Crippen molar-refractivity contribution in [1.29, 1.82) is 0 Å². The Bertz CT molecular complexity index is 776. The SMILES string of the molecule is O=C(O)CNC(=O)C(Cc1cnc[nH]1)NC(=O)C(CC(=O)O)NC(=O)C1CCCN1. The van der Waals surface area contributed by atoms with E-state index in [9.17, 15) is 24.0 Å². The number of nitrogens with one attached hydrogen (secondary N) is 5. The fourth-order valence-electron chi connectivity index (χ4n) is 2.95. The number of carbonyl (C=O) groups is 5. The predicted octanol–water partition coefficient (Wildman–Crippen LogP) is -2.65. The first-order valence-electron chi connectivity index (χ1n) is 9.29. The van der Waals surface area contributed by atoms with Crippen molar-refractivity contribution >= 4 is 29.7 Å². The molecular weight excluding hydrogens is 400 g/mol. The molecule has 30 heavy (non-hydrogen) atoms. The van der Waals surface area contributed by atoms with Crippen LogP contribution < -0.4 is 21.3 Å². The molecule has 3 amide bonds. The van der Waals surface area contributed by atoms with E-state index in [2.05, 4.69) is 31.2 Å². The third kappa shape index (κ3) is 7.16. The highest BCUT2D eigenvalue weighted by atomic mass is 16.4. The number of carboxylic acid groups (broad SMARTS) is 2. The summed E-state index contributed by atoms with van der Waals surface area (Å²) in [6.45, 7) is -0.0132. The van der Waals surface area contributed by atoms with Gasteiger partial charge in [0.1, 0.15) is 18.6 Å². The molecular formula is C17H24N6O7. The Morgan fingerprint density at radius 3 is 2.43 bits per heavy atom. The zero-order chi connectivity index (χ0) is 22.1. The summed E-state index contributed by atoms with van der Waals surface area (Å²) in [6, 6.07) is -3.14. The van der Waals surface area contributed by atoms with Crippen LogP contribution >= 0.6 is 0 Å². The molecule has 1 aliphatic heterocycles. The zero-order valence-electron chi connectivity index (χ0n) is 16.0. The minimum Gasteiger partial charge on any atom is -0.481 e. The van der Waals surface area contributed by atoms with Gasteiger partial charge in [0.25, 0.3) is 0 Å². The van der Waals surface area contributed by atoms with E-state index in [0.29, 0.717) is 18.7 Å². The normalized spacial score (nSPS) is 17.5. The number of hydrogen-bond donors (Lipinski definition) is 7. The Balaban J connectivity index is 2.08. The van der Waals surface area contributed by atoms with Gasteiger partial charge in [-0.15, -0.1) is 0 Å². The molecule has 1 fully saturated rings. The van der Waals surface area contributed by atoms with Crippen LogP contribution in [0.4, 0.5) is 0 Å². The highest BCUT2D eigenvalue weighted by molar-refractivity contribution is 5.95. The van der Waals surface area contributed by atoms with Gasteiger partial charge >= 0.3 is 11.9 Å². The fourth-order valence-corrected chi connectivity index (χ4v) is 2.95. The van der Waals surface area contributed by atoms with E-state index >= 15 is 0 Å². The highest BCUT2D eigenvalue weighted by Crippen LogP contribution is 2.07. The van der Waals surface area contributed by atoms with E-state index in [1.165, 1.54) is 12.5 Å². The summed E-state index contributed by atoms with van der Waals surface area (Å²) in [6.07, 6.45) is 3.40. The largest absolute Gasteiger partial charge is 0.481 e. The predicted molar refractivity (Wildman–Crippen MR) is 100 cm³/mol. The molecule has 2 heterocycles. The second-order valence-corrected chi connectivity index (χ2v) is 6.76. The maximum Gasteiger partial charge on any atom is 0.322 e. The van der Waals surface area contributed by atoms with Gasteiger partial charge in [-0.3, -0.25) is 24.0 Å². The van der Waals surface area contributed by atoms with Crippen LogP contribution in [0.2, 0.25) is 0 Å². The van der Waals surface area contributed by atoms with E-state index in [-0.39, 0.29) is 6.42 Å². The van der Waals surface area contributed by atoms with Crippen LogP contribution in [0.15, 0.2) is 12.5 Å². The molecule has 1 aromatic rings. The molecule has 0 radical (unpaired) electrons. The van der Waals surface area contributed by atoms with Crippen LogP contribution in [0.1, 0.15) is 25.0 Å². The van der Waals surface area contributed by atoms with Crippen LogP contribution in [0.25, 0.3) is 0 Å². The molecule has 3 unspecified atom stereocenters. The molecule has 0 bridgehead atoms. The Kier molecular flexibility index (Phi) is 8.29. The quantitative estimate of drug-likeness (QED) is 0.198. The number of amides is 3. The molecule has 164 valence electrons. The smallest absolute Gasteiger partial charge is 0.322 e. The zero-order valence-corrected chi connectivity index (χ0v) is 16.0. The maximum absolute atomic E-state index is 12.7. The summed E-state index contributed by atoms with van der Waals surface area (Å²) < 4.78 is 0. The molecule has 0 spiro atoms. The number of hydrogen-bond acceptors (Lipinski definition) is 7. The molecule has 0 saturated carbocycles. The average molecular weight is 424 g/mol. The van der Waals surface area contributed by atoms with Gasteiger partial charge in [0, 0.05) is 18.3 Å². The lowest BCUT2D eigenvalue weighted by molar-refractivity contribution is -0.141. The third-order valence-electron chi connectivity index (χ3n) is 4.41. The molecule has 0 aliphatic carbocycles. The number of rotatable bonds is 11. The Labute approximate surface area is 171 Å². The lowest BCUT2D eigenvalue weighted by Crippen LogP contribution is -2.57. The topological polar surface area (TPSA) is 203 Å². The summed E-state index contributed by atoms with van der Waals surface area (Å²) in [4.78, 5) is 65.8. The maximum atomic E-state index is 12.7. The summed E-state index contributed by atoms with van der Waals surface area (Å²) in [7, 11) is 0. The van der Waals surface area contributed by atoms with Crippen molar-refractivity contribution in [2.45, 2.75) is 43.8 Å². The van der Waals surface area contributed by atoms with Crippen LogP contribution in [0.5, 0.6) is 0 Å². The van der Waals surface area contributed by atoms with Crippen molar-refractivity contribution in [3.63, 3.8) is 0 Å². The first kappa shape index (κ1) is 22.8. The average Bonchev–Trinajstić information content (AvgIpc) is 3.38.